The van der Waals surface area contributed by atoms with Gasteiger partial charge in [-0.25, -0.2) is 0 Å². The van der Waals surface area contributed by atoms with Crippen LogP contribution in [0.2, 0.25) is 0 Å². The summed E-state index contributed by atoms with van der Waals surface area (Å²) in [4.78, 5) is 9.26. The Morgan fingerprint density at radius 3 is 0.515 bits per heavy atom. The summed E-state index contributed by atoms with van der Waals surface area (Å²) in [5.41, 5.74) is 17.9. The zero-order valence-corrected chi connectivity index (χ0v) is 37.2. The first-order chi connectivity index (χ1) is 32.6. The van der Waals surface area contributed by atoms with Gasteiger partial charge in [0.2, 0.25) is 0 Å². The lowest BCUT2D eigenvalue weighted by Gasteiger charge is -2.29. The Kier molecular flexibility index (Phi) is 11.9. The maximum absolute atomic E-state index is 2.34. The molecule has 66 heavy (non-hydrogen) atoms. The number of aryl methyl sites for hydroxylation is 2. The quantitative estimate of drug-likeness (QED) is 0.115. The first-order valence-corrected chi connectivity index (χ1v) is 22.5. The van der Waals surface area contributed by atoms with E-state index in [-0.39, 0.29) is 0 Å². The molecular formula is C62H50N4. The molecule has 0 radical (unpaired) electrons. The number of benzene rings is 10. The van der Waals surface area contributed by atoms with E-state index in [0.717, 1.165) is 79.4 Å². The van der Waals surface area contributed by atoms with Gasteiger partial charge in [0.05, 0.1) is 0 Å². The molecule has 10 aromatic carbocycles. The number of hydrogen-bond donors (Lipinski definition) is 0. The molecule has 318 valence electrons. The van der Waals surface area contributed by atoms with E-state index in [1.54, 1.807) is 0 Å². The van der Waals surface area contributed by atoms with Crippen LogP contribution >= 0.6 is 0 Å². The Bertz CT molecular complexity index is 2910. The number of para-hydroxylation sites is 4. The Morgan fingerprint density at radius 1 is 0.167 bits per heavy atom. The van der Waals surface area contributed by atoms with E-state index in [9.17, 15) is 0 Å². The lowest BCUT2D eigenvalue weighted by Crippen LogP contribution is -2.13. The molecule has 4 nitrogen and oxygen atoms in total. The molecule has 0 aliphatic carbocycles. The Labute approximate surface area is 389 Å². The van der Waals surface area contributed by atoms with Crippen LogP contribution in [0.4, 0.5) is 68.2 Å². The third-order valence-electron chi connectivity index (χ3n) is 12.0. The third kappa shape index (κ3) is 8.94. The largest absolute Gasteiger partial charge is 0.311 e. The highest BCUT2D eigenvalue weighted by Crippen LogP contribution is 2.42. The van der Waals surface area contributed by atoms with Crippen LogP contribution < -0.4 is 19.6 Å². The van der Waals surface area contributed by atoms with Crippen molar-refractivity contribution in [2.75, 3.05) is 19.6 Å². The van der Waals surface area contributed by atoms with Crippen molar-refractivity contribution in [3.05, 3.63) is 278 Å². The van der Waals surface area contributed by atoms with Crippen molar-refractivity contribution in [3.63, 3.8) is 0 Å². The number of rotatable bonds is 13. The van der Waals surface area contributed by atoms with Crippen molar-refractivity contribution < 1.29 is 0 Å². The molecule has 0 saturated carbocycles. The summed E-state index contributed by atoms with van der Waals surface area (Å²) < 4.78 is 0. The van der Waals surface area contributed by atoms with Gasteiger partial charge in [0.15, 0.2) is 0 Å². The maximum atomic E-state index is 2.34. The minimum atomic E-state index is 1.06. The zero-order valence-electron chi connectivity index (χ0n) is 37.2. The van der Waals surface area contributed by atoms with Crippen LogP contribution in [-0.2, 0) is 0 Å². The molecule has 0 aromatic heterocycles. The fourth-order valence-electron chi connectivity index (χ4n) is 8.59. The monoisotopic (exact) mass is 850 g/mol. The second-order valence-electron chi connectivity index (χ2n) is 16.5. The van der Waals surface area contributed by atoms with Crippen molar-refractivity contribution in [1.29, 1.82) is 0 Å². The second-order valence-corrected chi connectivity index (χ2v) is 16.5. The van der Waals surface area contributed by atoms with Gasteiger partial charge in [0, 0.05) is 68.2 Å². The van der Waals surface area contributed by atoms with E-state index >= 15 is 0 Å². The highest BCUT2D eigenvalue weighted by Gasteiger charge is 2.19. The van der Waals surface area contributed by atoms with Gasteiger partial charge in [-0.15, -0.1) is 0 Å². The smallest absolute Gasteiger partial charge is 0.0463 e. The average Bonchev–Trinajstić information content (AvgIpc) is 3.38. The van der Waals surface area contributed by atoms with Crippen LogP contribution in [0.5, 0.6) is 0 Å². The molecule has 0 fully saturated rings. The standard InChI is InChI=1S/C62H50N4/c1-47-23-31-55(32-24-47)64(53-19-11-5-12-20-53)59-39-43-61(44-40-59)66(62-45-41-60(42-46-62)65(54-21-13-6-14-22-54)56-33-25-48(2)26-34-56)58-37-29-50(30-38-58)49-27-35-57(36-28-49)63(51-15-7-3-8-16-51)52-17-9-4-10-18-52/h3-46H,1-2H3. The third-order valence-corrected chi connectivity index (χ3v) is 12.0. The molecule has 0 bridgehead atoms. The first kappa shape index (κ1) is 41.4. The summed E-state index contributed by atoms with van der Waals surface area (Å²) in [7, 11) is 0. The van der Waals surface area contributed by atoms with Crippen molar-refractivity contribution in [2.24, 2.45) is 0 Å². The Balaban J connectivity index is 1.01. The van der Waals surface area contributed by atoms with Crippen LogP contribution in [0.1, 0.15) is 11.1 Å². The summed E-state index contributed by atoms with van der Waals surface area (Å²) in [6.07, 6.45) is 0. The highest BCUT2D eigenvalue weighted by molar-refractivity contribution is 5.85. The highest BCUT2D eigenvalue weighted by atomic mass is 15.2. The molecule has 0 aliphatic rings. The molecule has 0 spiro atoms. The topological polar surface area (TPSA) is 13.0 Å². The molecular weight excluding hydrogens is 801 g/mol. The zero-order chi connectivity index (χ0) is 44.7. The summed E-state index contributed by atoms with van der Waals surface area (Å²) in [6.45, 7) is 4.26. The van der Waals surface area contributed by atoms with Gasteiger partial charge in [-0.1, -0.05) is 132 Å². The second kappa shape index (κ2) is 19.0. The Hall–Kier alpha value is -8.60. The fraction of sp³-hybridized carbons (Fsp3) is 0.0323. The lowest BCUT2D eigenvalue weighted by molar-refractivity contribution is 1.24. The predicted octanol–water partition coefficient (Wildman–Crippen LogP) is 17.8. The molecule has 4 heteroatoms. The van der Waals surface area contributed by atoms with E-state index in [1.165, 1.54) is 11.1 Å². The normalized spacial score (nSPS) is 10.9. The molecule has 10 aromatic rings. The summed E-state index contributed by atoms with van der Waals surface area (Å²) >= 11 is 0. The molecule has 0 aliphatic heterocycles. The van der Waals surface area contributed by atoms with Gasteiger partial charge in [-0.2, -0.15) is 0 Å². The number of hydrogen-bond acceptors (Lipinski definition) is 4. The van der Waals surface area contributed by atoms with E-state index in [0.29, 0.717) is 0 Å². The summed E-state index contributed by atoms with van der Waals surface area (Å²) in [5.74, 6) is 0. The minimum Gasteiger partial charge on any atom is -0.311 e. The van der Waals surface area contributed by atoms with Crippen molar-refractivity contribution >= 4 is 68.2 Å². The van der Waals surface area contributed by atoms with Crippen LogP contribution in [0.15, 0.2) is 267 Å². The van der Waals surface area contributed by atoms with E-state index in [4.69, 9.17) is 0 Å². The van der Waals surface area contributed by atoms with Crippen molar-refractivity contribution in [3.8, 4) is 11.1 Å². The predicted molar refractivity (Wildman–Crippen MR) is 280 cm³/mol. The van der Waals surface area contributed by atoms with Crippen LogP contribution in [0.25, 0.3) is 11.1 Å². The molecule has 0 unspecified atom stereocenters. The first-order valence-electron chi connectivity index (χ1n) is 22.5. The molecule has 0 heterocycles. The fourth-order valence-corrected chi connectivity index (χ4v) is 8.59. The molecule has 0 amide bonds. The van der Waals surface area contributed by atoms with Gasteiger partial charge in [0.1, 0.15) is 0 Å². The molecule has 0 saturated heterocycles. The SMILES string of the molecule is Cc1ccc(N(c2ccccc2)c2ccc(N(c3ccc(-c4ccc(N(c5ccccc5)c5ccccc5)cc4)cc3)c3ccc(N(c4ccccc4)c4ccc(C)cc4)cc3)cc2)cc1. The lowest BCUT2D eigenvalue weighted by atomic mass is 10.0. The van der Waals surface area contributed by atoms with Gasteiger partial charge in [-0.05, 0) is 171 Å². The van der Waals surface area contributed by atoms with Crippen LogP contribution in [0, 0.1) is 13.8 Å². The molecule has 0 atom stereocenters. The number of nitrogens with zero attached hydrogens (tertiary/aromatic N) is 4. The van der Waals surface area contributed by atoms with E-state index in [1.807, 2.05) is 0 Å². The van der Waals surface area contributed by atoms with Gasteiger partial charge in [0.25, 0.3) is 0 Å². The van der Waals surface area contributed by atoms with E-state index in [2.05, 4.69) is 300 Å². The molecule has 0 N–H and O–H groups in total. The van der Waals surface area contributed by atoms with Crippen molar-refractivity contribution in [2.45, 2.75) is 13.8 Å². The van der Waals surface area contributed by atoms with E-state index < -0.39 is 0 Å². The van der Waals surface area contributed by atoms with Crippen LogP contribution in [0.3, 0.4) is 0 Å². The Morgan fingerprint density at radius 2 is 0.318 bits per heavy atom. The maximum Gasteiger partial charge on any atom is 0.0463 e. The molecule has 10 rings (SSSR count). The average molecular weight is 851 g/mol. The van der Waals surface area contributed by atoms with Crippen LogP contribution in [-0.4, -0.2) is 0 Å². The van der Waals surface area contributed by atoms with Gasteiger partial charge < -0.3 is 19.6 Å². The van der Waals surface area contributed by atoms with Gasteiger partial charge >= 0.3 is 0 Å². The minimum absolute atomic E-state index is 1.06. The summed E-state index contributed by atoms with van der Waals surface area (Å²) in [5, 5.41) is 0. The van der Waals surface area contributed by atoms with Gasteiger partial charge in [-0.3, -0.25) is 0 Å². The number of anilines is 12. The van der Waals surface area contributed by atoms with Crippen molar-refractivity contribution in [1.82, 2.24) is 0 Å². The summed E-state index contributed by atoms with van der Waals surface area (Å²) in [6, 6.07) is 95.3.